The van der Waals surface area contributed by atoms with Crippen LogP contribution in [-0.4, -0.2) is 30.6 Å². The summed E-state index contributed by atoms with van der Waals surface area (Å²) in [5, 5.41) is 8.75. The van der Waals surface area contributed by atoms with Gasteiger partial charge in [-0.25, -0.2) is 4.79 Å². The molecular formula is C25H22O6. The number of methoxy groups -OCH3 is 1. The second-order valence-corrected chi connectivity index (χ2v) is 6.56. The summed E-state index contributed by atoms with van der Waals surface area (Å²) in [6, 6.07) is 21.9. The first-order chi connectivity index (χ1) is 15.1. The molecule has 0 aromatic heterocycles. The van der Waals surface area contributed by atoms with Crippen LogP contribution in [0.2, 0.25) is 0 Å². The molecule has 3 aromatic rings. The Hall–Kier alpha value is -4.06. The standard InChI is InChI=1S/C25H22O6/c1-29-24-15-20(12-14-23(24)31-17-25(27)28)21(26)13-11-19-9-5-6-10-22(19)30-16-18-7-3-2-4-8-18/h2-15H,16-17H2,1H3,(H,27,28)/b13-11+. The zero-order chi connectivity index (χ0) is 22.1. The van der Waals surface area contributed by atoms with E-state index in [1.807, 2.05) is 54.6 Å². The molecule has 0 fully saturated rings. The van der Waals surface area contributed by atoms with Crippen molar-refractivity contribution in [3.05, 3.63) is 95.6 Å². The fraction of sp³-hybridized carbons (Fsp3) is 0.120. The number of ketones is 1. The van der Waals surface area contributed by atoms with Crippen LogP contribution in [0.4, 0.5) is 0 Å². The lowest BCUT2D eigenvalue weighted by molar-refractivity contribution is -0.139. The predicted molar refractivity (Wildman–Crippen MR) is 117 cm³/mol. The Bertz CT molecular complexity index is 1070. The van der Waals surface area contributed by atoms with Gasteiger partial charge in [-0.15, -0.1) is 0 Å². The zero-order valence-electron chi connectivity index (χ0n) is 17.0. The molecule has 3 aromatic carbocycles. The van der Waals surface area contributed by atoms with Crippen LogP contribution >= 0.6 is 0 Å². The quantitative estimate of drug-likeness (QED) is 0.382. The van der Waals surface area contributed by atoms with Crippen molar-refractivity contribution in [2.75, 3.05) is 13.7 Å². The van der Waals surface area contributed by atoms with E-state index < -0.39 is 12.6 Å². The van der Waals surface area contributed by atoms with Crippen LogP contribution in [0.3, 0.4) is 0 Å². The third-order valence-corrected chi connectivity index (χ3v) is 4.37. The monoisotopic (exact) mass is 418 g/mol. The fourth-order valence-corrected chi connectivity index (χ4v) is 2.83. The van der Waals surface area contributed by atoms with Crippen molar-refractivity contribution >= 4 is 17.8 Å². The molecule has 0 radical (unpaired) electrons. The molecule has 31 heavy (non-hydrogen) atoms. The molecule has 6 nitrogen and oxygen atoms in total. The van der Waals surface area contributed by atoms with Crippen molar-refractivity contribution in [2.45, 2.75) is 6.61 Å². The number of benzene rings is 3. The van der Waals surface area contributed by atoms with Crippen LogP contribution in [0.1, 0.15) is 21.5 Å². The average molecular weight is 418 g/mol. The van der Waals surface area contributed by atoms with Gasteiger partial charge in [-0.05, 0) is 42.0 Å². The number of carboxylic acids is 1. The van der Waals surface area contributed by atoms with Gasteiger partial charge >= 0.3 is 5.97 Å². The van der Waals surface area contributed by atoms with Crippen LogP contribution in [0.15, 0.2) is 78.9 Å². The predicted octanol–water partition coefficient (Wildman–Crippen LogP) is 4.63. The number of carbonyl (C=O) groups is 2. The Balaban J connectivity index is 1.72. The van der Waals surface area contributed by atoms with Gasteiger partial charge in [-0.3, -0.25) is 4.79 Å². The summed E-state index contributed by atoms with van der Waals surface area (Å²) < 4.78 is 16.3. The number of para-hydroxylation sites is 1. The molecular weight excluding hydrogens is 396 g/mol. The highest BCUT2D eigenvalue weighted by molar-refractivity contribution is 6.07. The number of allylic oxidation sites excluding steroid dienone is 1. The minimum absolute atomic E-state index is 0.235. The second kappa shape index (κ2) is 10.6. The SMILES string of the molecule is COc1cc(C(=O)/C=C/c2ccccc2OCc2ccccc2)ccc1OCC(=O)O. The van der Waals surface area contributed by atoms with Crippen molar-refractivity contribution < 1.29 is 28.9 Å². The second-order valence-electron chi connectivity index (χ2n) is 6.56. The van der Waals surface area contributed by atoms with Crippen LogP contribution in [-0.2, 0) is 11.4 Å². The van der Waals surface area contributed by atoms with E-state index in [1.54, 1.807) is 12.1 Å². The van der Waals surface area contributed by atoms with E-state index in [1.165, 1.54) is 25.3 Å². The average Bonchev–Trinajstić information content (AvgIpc) is 2.80. The number of ether oxygens (including phenoxy) is 3. The number of hydrogen-bond acceptors (Lipinski definition) is 5. The molecule has 0 spiro atoms. The van der Waals surface area contributed by atoms with E-state index in [-0.39, 0.29) is 17.3 Å². The van der Waals surface area contributed by atoms with Crippen molar-refractivity contribution in [3.63, 3.8) is 0 Å². The summed E-state index contributed by atoms with van der Waals surface area (Å²) >= 11 is 0. The first-order valence-corrected chi connectivity index (χ1v) is 9.57. The molecule has 0 saturated carbocycles. The largest absolute Gasteiger partial charge is 0.493 e. The molecule has 0 unspecified atom stereocenters. The Morgan fingerprint density at radius 3 is 2.35 bits per heavy atom. The van der Waals surface area contributed by atoms with E-state index in [0.717, 1.165) is 11.1 Å². The molecule has 0 atom stereocenters. The van der Waals surface area contributed by atoms with Crippen LogP contribution in [0.5, 0.6) is 17.2 Å². The van der Waals surface area contributed by atoms with Crippen molar-refractivity contribution in [1.82, 2.24) is 0 Å². The molecule has 6 heteroatoms. The first kappa shape index (κ1) is 21.6. The van der Waals surface area contributed by atoms with Gasteiger partial charge in [-0.1, -0.05) is 48.5 Å². The lowest BCUT2D eigenvalue weighted by Crippen LogP contribution is -2.10. The van der Waals surface area contributed by atoms with E-state index in [4.69, 9.17) is 19.3 Å². The van der Waals surface area contributed by atoms with Crippen LogP contribution < -0.4 is 14.2 Å². The topological polar surface area (TPSA) is 82.1 Å². The maximum Gasteiger partial charge on any atom is 0.341 e. The molecule has 0 aliphatic heterocycles. The van der Waals surface area contributed by atoms with E-state index in [0.29, 0.717) is 17.9 Å². The van der Waals surface area contributed by atoms with Crippen LogP contribution in [0, 0.1) is 0 Å². The molecule has 0 heterocycles. The third-order valence-electron chi connectivity index (χ3n) is 4.37. The Labute approximate surface area is 180 Å². The smallest absolute Gasteiger partial charge is 0.341 e. The van der Waals surface area contributed by atoms with Crippen molar-refractivity contribution in [3.8, 4) is 17.2 Å². The Morgan fingerprint density at radius 1 is 0.871 bits per heavy atom. The highest BCUT2D eigenvalue weighted by atomic mass is 16.5. The van der Waals surface area contributed by atoms with E-state index in [9.17, 15) is 9.59 Å². The molecule has 0 saturated heterocycles. The Morgan fingerprint density at radius 2 is 1.61 bits per heavy atom. The van der Waals surface area contributed by atoms with Gasteiger partial charge in [0.1, 0.15) is 12.4 Å². The number of rotatable bonds is 10. The summed E-state index contributed by atoms with van der Waals surface area (Å²) in [6.45, 7) is -0.0715. The number of aliphatic carboxylic acids is 1. The first-order valence-electron chi connectivity index (χ1n) is 9.57. The number of hydrogen-bond donors (Lipinski definition) is 1. The van der Waals surface area contributed by atoms with Gasteiger partial charge < -0.3 is 19.3 Å². The lowest BCUT2D eigenvalue weighted by atomic mass is 10.1. The summed E-state index contributed by atoms with van der Waals surface area (Å²) in [5.74, 6) is -0.123. The zero-order valence-corrected chi connectivity index (χ0v) is 17.0. The molecule has 0 bridgehead atoms. The van der Waals surface area contributed by atoms with Gasteiger partial charge in [0, 0.05) is 11.1 Å². The lowest BCUT2D eigenvalue weighted by Gasteiger charge is -2.10. The number of carboxylic acid groups (broad SMARTS) is 1. The van der Waals surface area contributed by atoms with Gasteiger partial charge in [0.05, 0.1) is 7.11 Å². The van der Waals surface area contributed by atoms with Gasteiger partial charge in [0.15, 0.2) is 23.9 Å². The summed E-state index contributed by atoms with van der Waals surface area (Å²) in [6.07, 6.45) is 3.15. The molecule has 1 N–H and O–H groups in total. The molecule has 0 amide bonds. The molecule has 0 aliphatic carbocycles. The summed E-state index contributed by atoms with van der Waals surface area (Å²) in [7, 11) is 1.42. The maximum absolute atomic E-state index is 12.6. The highest BCUT2D eigenvalue weighted by Crippen LogP contribution is 2.28. The molecule has 158 valence electrons. The Kier molecular flexibility index (Phi) is 7.43. The fourth-order valence-electron chi connectivity index (χ4n) is 2.83. The minimum atomic E-state index is -1.10. The van der Waals surface area contributed by atoms with Gasteiger partial charge in [0.25, 0.3) is 0 Å². The summed E-state index contributed by atoms with van der Waals surface area (Å²) in [4.78, 5) is 23.3. The molecule has 3 rings (SSSR count). The van der Waals surface area contributed by atoms with E-state index in [2.05, 4.69) is 0 Å². The normalized spacial score (nSPS) is 10.6. The van der Waals surface area contributed by atoms with Crippen molar-refractivity contribution in [2.24, 2.45) is 0 Å². The van der Waals surface area contributed by atoms with Crippen molar-refractivity contribution in [1.29, 1.82) is 0 Å². The highest BCUT2D eigenvalue weighted by Gasteiger charge is 2.11. The number of carbonyl (C=O) groups excluding carboxylic acids is 1. The minimum Gasteiger partial charge on any atom is -0.493 e. The van der Waals surface area contributed by atoms with Gasteiger partial charge in [-0.2, -0.15) is 0 Å². The molecule has 0 aliphatic rings. The van der Waals surface area contributed by atoms with Crippen LogP contribution in [0.25, 0.3) is 6.08 Å². The van der Waals surface area contributed by atoms with Gasteiger partial charge in [0.2, 0.25) is 0 Å². The van der Waals surface area contributed by atoms with E-state index >= 15 is 0 Å². The third kappa shape index (κ3) is 6.21. The summed E-state index contributed by atoms with van der Waals surface area (Å²) in [5.41, 5.74) is 2.22. The maximum atomic E-state index is 12.6.